The molecule has 0 aromatic rings. The molecule has 1 amide bonds. The summed E-state index contributed by atoms with van der Waals surface area (Å²) in [6.07, 6.45) is 0. The van der Waals surface area contributed by atoms with E-state index in [1.807, 2.05) is 0 Å². The van der Waals surface area contributed by atoms with Crippen LogP contribution in [0.2, 0.25) is 0 Å². The second kappa shape index (κ2) is 6.08. The zero-order chi connectivity index (χ0) is 11.3. The number of carbonyl (C=O) groups is 1. The number of morpholine rings is 1. The zero-order valence-electron chi connectivity index (χ0n) is 9.95. The van der Waals surface area contributed by atoms with E-state index in [9.17, 15) is 4.79 Å². The maximum atomic E-state index is 10.9. The Labute approximate surface area is 92.0 Å². The number of carbonyl (C=O) groups excluding carboxylic acids is 1. The van der Waals surface area contributed by atoms with Crippen LogP contribution in [0.1, 0.15) is 20.8 Å². The van der Waals surface area contributed by atoms with Crippen LogP contribution in [0, 0.1) is 5.92 Å². The fourth-order valence-electron chi connectivity index (χ4n) is 1.94. The summed E-state index contributed by atoms with van der Waals surface area (Å²) in [6.45, 7) is 10.3. The SMILES string of the molecule is CC(=O)NCC(C(C)C)N1CCOCC1. The van der Waals surface area contributed by atoms with Crippen LogP contribution < -0.4 is 5.32 Å². The Hall–Kier alpha value is -0.610. The highest BCUT2D eigenvalue weighted by Crippen LogP contribution is 2.11. The number of ether oxygens (including phenoxy) is 1. The third kappa shape index (κ3) is 4.18. The summed E-state index contributed by atoms with van der Waals surface area (Å²) in [4.78, 5) is 13.3. The fraction of sp³-hybridized carbons (Fsp3) is 0.909. The molecule has 4 nitrogen and oxygen atoms in total. The molecule has 0 aromatic carbocycles. The number of amides is 1. The van der Waals surface area contributed by atoms with Crippen LogP contribution in [-0.4, -0.2) is 49.7 Å². The van der Waals surface area contributed by atoms with E-state index in [1.54, 1.807) is 6.92 Å². The number of nitrogens with one attached hydrogen (secondary N) is 1. The number of nitrogens with zero attached hydrogens (tertiary/aromatic N) is 1. The summed E-state index contributed by atoms with van der Waals surface area (Å²) in [7, 11) is 0. The summed E-state index contributed by atoms with van der Waals surface area (Å²) in [5, 5.41) is 2.90. The van der Waals surface area contributed by atoms with Gasteiger partial charge < -0.3 is 10.1 Å². The van der Waals surface area contributed by atoms with E-state index in [0.717, 1.165) is 32.8 Å². The molecule has 1 atom stereocenters. The topological polar surface area (TPSA) is 41.6 Å². The van der Waals surface area contributed by atoms with Crippen molar-refractivity contribution in [3.8, 4) is 0 Å². The van der Waals surface area contributed by atoms with Crippen molar-refractivity contribution < 1.29 is 9.53 Å². The lowest BCUT2D eigenvalue weighted by Crippen LogP contribution is -2.50. The van der Waals surface area contributed by atoms with Gasteiger partial charge in [0, 0.05) is 32.6 Å². The van der Waals surface area contributed by atoms with Gasteiger partial charge in [-0.25, -0.2) is 0 Å². The first-order valence-corrected chi connectivity index (χ1v) is 5.67. The molecule has 1 heterocycles. The number of rotatable bonds is 4. The van der Waals surface area contributed by atoms with Gasteiger partial charge in [0.1, 0.15) is 0 Å². The van der Waals surface area contributed by atoms with Gasteiger partial charge in [-0.05, 0) is 5.92 Å². The maximum Gasteiger partial charge on any atom is 0.216 e. The molecule has 1 fully saturated rings. The first kappa shape index (κ1) is 12.5. The molecule has 1 aliphatic heterocycles. The zero-order valence-corrected chi connectivity index (χ0v) is 9.95. The average Bonchev–Trinajstić information content (AvgIpc) is 2.18. The molecule has 0 spiro atoms. The van der Waals surface area contributed by atoms with Crippen molar-refractivity contribution in [1.82, 2.24) is 10.2 Å². The molecular formula is C11H22N2O2. The van der Waals surface area contributed by atoms with Gasteiger partial charge in [-0.3, -0.25) is 9.69 Å². The Kier molecular flexibility index (Phi) is 5.05. The van der Waals surface area contributed by atoms with E-state index in [1.165, 1.54) is 0 Å². The van der Waals surface area contributed by atoms with E-state index < -0.39 is 0 Å². The summed E-state index contributed by atoms with van der Waals surface area (Å²) in [5.41, 5.74) is 0. The molecule has 0 aliphatic carbocycles. The average molecular weight is 214 g/mol. The third-order valence-electron chi connectivity index (χ3n) is 2.84. The molecule has 1 rings (SSSR count). The highest BCUT2D eigenvalue weighted by Gasteiger charge is 2.23. The van der Waals surface area contributed by atoms with Gasteiger partial charge in [0.15, 0.2) is 0 Å². The third-order valence-corrected chi connectivity index (χ3v) is 2.84. The van der Waals surface area contributed by atoms with Gasteiger partial charge in [-0.15, -0.1) is 0 Å². The lowest BCUT2D eigenvalue weighted by molar-refractivity contribution is -0.119. The minimum atomic E-state index is 0.0499. The van der Waals surface area contributed by atoms with Crippen LogP contribution in [0.5, 0.6) is 0 Å². The Morgan fingerprint density at radius 2 is 2.00 bits per heavy atom. The van der Waals surface area contributed by atoms with Crippen LogP contribution in [0.4, 0.5) is 0 Å². The van der Waals surface area contributed by atoms with Gasteiger partial charge in [-0.2, -0.15) is 0 Å². The molecule has 0 bridgehead atoms. The van der Waals surface area contributed by atoms with Gasteiger partial charge >= 0.3 is 0 Å². The predicted molar refractivity (Wildman–Crippen MR) is 59.7 cm³/mol. The van der Waals surface area contributed by atoms with E-state index in [4.69, 9.17) is 4.74 Å². The summed E-state index contributed by atoms with van der Waals surface area (Å²) in [6, 6.07) is 0.429. The molecule has 15 heavy (non-hydrogen) atoms. The Morgan fingerprint density at radius 3 is 2.47 bits per heavy atom. The molecule has 1 unspecified atom stereocenters. The van der Waals surface area contributed by atoms with E-state index in [2.05, 4.69) is 24.1 Å². The quantitative estimate of drug-likeness (QED) is 0.740. The molecule has 0 saturated carbocycles. The van der Waals surface area contributed by atoms with Crippen LogP contribution in [0.15, 0.2) is 0 Å². The predicted octanol–water partition coefficient (Wildman–Crippen LogP) is 0.479. The standard InChI is InChI=1S/C11H22N2O2/c1-9(2)11(8-12-10(3)14)13-4-6-15-7-5-13/h9,11H,4-8H2,1-3H3,(H,12,14). The fourth-order valence-corrected chi connectivity index (χ4v) is 1.94. The molecule has 0 radical (unpaired) electrons. The van der Waals surface area contributed by atoms with Crippen molar-refractivity contribution in [3.05, 3.63) is 0 Å². The van der Waals surface area contributed by atoms with Crippen molar-refractivity contribution in [2.24, 2.45) is 5.92 Å². The van der Waals surface area contributed by atoms with Crippen LogP contribution in [0.25, 0.3) is 0 Å². The van der Waals surface area contributed by atoms with Crippen molar-refractivity contribution in [2.75, 3.05) is 32.8 Å². The molecular weight excluding hydrogens is 192 g/mol. The van der Waals surface area contributed by atoms with Crippen molar-refractivity contribution >= 4 is 5.91 Å². The van der Waals surface area contributed by atoms with Crippen LogP contribution in [0.3, 0.4) is 0 Å². The smallest absolute Gasteiger partial charge is 0.216 e. The Bertz CT molecular complexity index is 201. The van der Waals surface area contributed by atoms with Gasteiger partial charge in [0.05, 0.1) is 13.2 Å². The summed E-state index contributed by atoms with van der Waals surface area (Å²) < 4.78 is 5.33. The van der Waals surface area contributed by atoms with Crippen molar-refractivity contribution in [1.29, 1.82) is 0 Å². The second-order valence-corrected chi connectivity index (χ2v) is 4.40. The van der Waals surface area contributed by atoms with E-state index in [-0.39, 0.29) is 5.91 Å². The van der Waals surface area contributed by atoms with Crippen molar-refractivity contribution in [2.45, 2.75) is 26.8 Å². The largest absolute Gasteiger partial charge is 0.379 e. The minimum Gasteiger partial charge on any atom is -0.379 e. The molecule has 88 valence electrons. The highest BCUT2D eigenvalue weighted by molar-refractivity contribution is 5.72. The molecule has 0 aromatic heterocycles. The molecule has 1 saturated heterocycles. The van der Waals surface area contributed by atoms with Crippen LogP contribution >= 0.6 is 0 Å². The first-order valence-electron chi connectivity index (χ1n) is 5.67. The van der Waals surface area contributed by atoms with E-state index >= 15 is 0 Å². The van der Waals surface area contributed by atoms with Gasteiger partial charge in [0.2, 0.25) is 5.91 Å². The number of hydrogen-bond donors (Lipinski definition) is 1. The Morgan fingerprint density at radius 1 is 1.40 bits per heavy atom. The van der Waals surface area contributed by atoms with Crippen molar-refractivity contribution in [3.63, 3.8) is 0 Å². The lowest BCUT2D eigenvalue weighted by atomic mass is 10.0. The lowest BCUT2D eigenvalue weighted by Gasteiger charge is -2.36. The van der Waals surface area contributed by atoms with Gasteiger partial charge in [0.25, 0.3) is 0 Å². The van der Waals surface area contributed by atoms with E-state index in [0.29, 0.717) is 12.0 Å². The molecule has 4 heteroatoms. The maximum absolute atomic E-state index is 10.9. The second-order valence-electron chi connectivity index (χ2n) is 4.40. The van der Waals surface area contributed by atoms with Crippen LogP contribution in [-0.2, 0) is 9.53 Å². The summed E-state index contributed by atoms with van der Waals surface area (Å²) in [5.74, 6) is 0.601. The summed E-state index contributed by atoms with van der Waals surface area (Å²) >= 11 is 0. The minimum absolute atomic E-state index is 0.0499. The normalized spacial score (nSPS) is 20.3. The molecule has 1 N–H and O–H groups in total. The van der Waals surface area contributed by atoms with Gasteiger partial charge in [-0.1, -0.05) is 13.8 Å². The molecule has 1 aliphatic rings. The first-order chi connectivity index (χ1) is 7.11. The number of hydrogen-bond acceptors (Lipinski definition) is 3. The monoisotopic (exact) mass is 214 g/mol. The Balaban J connectivity index is 2.44. The highest BCUT2D eigenvalue weighted by atomic mass is 16.5.